The summed E-state index contributed by atoms with van der Waals surface area (Å²) in [5, 5.41) is 3.20. The second kappa shape index (κ2) is 4.44. The molecule has 2 aliphatic heterocycles. The molecule has 3 rings (SSSR count). The standard InChI is InChI=1S/C12H15NO4S/c14-18(15,7-9-2-1-5-13-9)10-3-4-11-12(6-10)17-8-16-11/h3-4,6,9,13H,1-2,5,7-8H2/t9-/m0/s1. The quantitative estimate of drug-likeness (QED) is 0.884. The lowest BCUT2D eigenvalue weighted by Crippen LogP contribution is -2.29. The second-order valence-corrected chi connectivity index (χ2v) is 6.62. The average molecular weight is 269 g/mol. The number of hydrogen-bond acceptors (Lipinski definition) is 5. The van der Waals surface area contributed by atoms with Crippen LogP contribution >= 0.6 is 0 Å². The summed E-state index contributed by atoms with van der Waals surface area (Å²) in [6.45, 7) is 1.06. The van der Waals surface area contributed by atoms with Crippen LogP contribution in [0.1, 0.15) is 12.8 Å². The first-order valence-corrected chi connectivity index (χ1v) is 7.66. The van der Waals surface area contributed by atoms with Gasteiger partial charge >= 0.3 is 0 Å². The molecule has 0 aromatic heterocycles. The predicted octanol–water partition coefficient (Wildman–Crippen LogP) is 0.941. The Balaban J connectivity index is 1.84. The summed E-state index contributed by atoms with van der Waals surface area (Å²) in [6, 6.07) is 4.85. The zero-order valence-electron chi connectivity index (χ0n) is 9.89. The van der Waals surface area contributed by atoms with E-state index < -0.39 is 9.84 Å². The van der Waals surface area contributed by atoms with E-state index in [2.05, 4.69) is 5.32 Å². The van der Waals surface area contributed by atoms with Crippen LogP contribution in [0.4, 0.5) is 0 Å². The van der Waals surface area contributed by atoms with Gasteiger partial charge in [-0.1, -0.05) is 0 Å². The van der Waals surface area contributed by atoms with Gasteiger partial charge in [0.05, 0.1) is 10.6 Å². The molecule has 2 aliphatic rings. The van der Waals surface area contributed by atoms with E-state index in [9.17, 15) is 8.42 Å². The fourth-order valence-electron chi connectivity index (χ4n) is 2.33. The third-order valence-corrected chi connectivity index (χ3v) is 5.10. The van der Waals surface area contributed by atoms with Crippen LogP contribution in [0.2, 0.25) is 0 Å². The van der Waals surface area contributed by atoms with Crippen molar-refractivity contribution in [1.82, 2.24) is 5.32 Å². The maximum atomic E-state index is 12.3. The van der Waals surface area contributed by atoms with Crippen molar-refractivity contribution in [2.45, 2.75) is 23.8 Å². The fraction of sp³-hybridized carbons (Fsp3) is 0.500. The molecule has 0 aliphatic carbocycles. The van der Waals surface area contributed by atoms with Gasteiger partial charge in [0.15, 0.2) is 21.3 Å². The molecule has 18 heavy (non-hydrogen) atoms. The van der Waals surface area contributed by atoms with E-state index in [-0.39, 0.29) is 18.6 Å². The Kier molecular flexibility index (Phi) is 2.91. The lowest BCUT2D eigenvalue weighted by atomic mass is 10.3. The first kappa shape index (κ1) is 11.8. The molecule has 1 fully saturated rings. The fourth-order valence-corrected chi connectivity index (χ4v) is 3.90. The Labute approximate surface area is 106 Å². The molecule has 0 amide bonds. The molecule has 0 spiro atoms. The zero-order chi connectivity index (χ0) is 12.6. The van der Waals surface area contributed by atoms with E-state index in [1.165, 1.54) is 0 Å². The van der Waals surface area contributed by atoms with Crippen LogP contribution in [0.5, 0.6) is 11.5 Å². The summed E-state index contributed by atoms with van der Waals surface area (Å²) in [7, 11) is -3.26. The van der Waals surface area contributed by atoms with Crippen LogP contribution in [-0.4, -0.2) is 33.6 Å². The molecule has 0 radical (unpaired) electrons. The molecule has 1 N–H and O–H groups in total. The molecule has 1 aromatic carbocycles. The van der Waals surface area contributed by atoms with Gasteiger partial charge in [0, 0.05) is 12.1 Å². The third-order valence-electron chi connectivity index (χ3n) is 3.29. The smallest absolute Gasteiger partial charge is 0.231 e. The normalized spacial score (nSPS) is 22.3. The van der Waals surface area contributed by atoms with Crippen molar-refractivity contribution in [2.24, 2.45) is 0 Å². The highest BCUT2D eigenvalue weighted by Gasteiger charge is 2.25. The van der Waals surface area contributed by atoms with Crippen molar-refractivity contribution >= 4 is 9.84 Å². The minimum absolute atomic E-state index is 0.0698. The Morgan fingerprint density at radius 3 is 2.89 bits per heavy atom. The number of hydrogen-bond donors (Lipinski definition) is 1. The highest BCUT2D eigenvalue weighted by molar-refractivity contribution is 7.91. The Hall–Kier alpha value is -1.27. The molecule has 0 unspecified atom stereocenters. The Bertz CT molecular complexity index is 549. The van der Waals surface area contributed by atoms with Crippen LogP contribution in [0.3, 0.4) is 0 Å². The van der Waals surface area contributed by atoms with E-state index >= 15 is 0 Å². The summed E-state index contributed by atoms with van der Waals surface area (Å²) < 4.78 is 34.9. The van der Waals surface area contributed by atoms with Gasteiger partial charge in [-0.25, -0.2) is 8.42 Å². The number of rotatable bonds is 3. The Morgan fingerprint density at radius 1 is 1.28 bits per heavy atom. The minimum atomic E-state index is -3.26. The first-order chi connectivity index (χ1) is 8.65. The largest absolute Gasteiger partial charge is 0.454 e. The average Bonchev–Trinajstić information content (AvgIpc) is 2.97. The van der Waals surface area contributed by atoms with Crippen LogP contribution in [0.25, 0.3) is 0 Å². The van der Waals surface area contributed by atoms with Crippen LogP contribution in [-0.2, 0) is 9.84 Å². The van der Waals surface area contributed by atoms with Crippen molar-refractivity contribution in [3.8, 4) is 11.5 Å². The number of benzene rings is 1. The SMILES string of the molecule is O=S(=O)(C[C@@H]1CCCN1)c1ccc2c(c1)OCO2. The molecule has 0 bridgehead atoms. The molecule has 1 aromatic rings. The van der Waals surface area contributed by atoms with Gasteiger partial charge in [0.2, 0.25) is 6.79 Å². The molecule has 2 heterocycles. The van der Waals surface area contributed by atoms with Crippen molar-refractivity contribution < 1.29 is 17.9 Å². The molecule has 98 valence electrons. The van der Waals surface area contributed by atoms with Gasteiger partial charge in [0.25, 0.3) is 0 Å². The first-order valence-electron chi connectivity index (χ1n) is 6.01. The summed E-state index contributed by atoms with van der Waals surface area (Å²) in [6.07, 6.45) is 1.96. The van der Waals surface area contributed by atoms with Gasteiger partial charge in [-0.3, -0.25) is 0 Å². The summed E-state index contributed by atoms with van der Waals surface area (Å²) in [4.78, 5) is 0.306. The maximum absolute atomic E-state index is 12.3. The molecule has 1 saturated heterocycles. The van der Waals surface area contributed by atoms with E-state index in [1.807, 2.05) is 0 Å². The molecule has 0 saturated carbocycles. The zero-order valence-corrected chi connectivity index (χ0v) is 10.7. The lowest BCUT2D eigenvalue weighted by Gasteiger charge is -2.11. The molecule has 6 heteroatoms. The Morgan fingerprint density at radius 2 is 2.11 bits per heavy atom. The predicted molar refractivity (Wildman–Crippen MR) is 65.6 cm³/mol. The third kappa shape index (κ3) is 2.18. The summed E-state index contributed by atoms with van der Waals surface area (Å²) in [5.41, 5.74) is 0. The van der Waals surface area contributed by atoms with Crippen molar-refractivity contribution in [2.75, 3.05) is 19.1 Å². The van der Waals surface area contributed by atoms with E-state index in [4.69, 9.17) is 9.47 Å². The van der Waals surface area contributed by atoms with E-state index in [1.54, 1.807) is 18.2 Å². The monoisotopic (exact) mass is 269 g/mol. The molecular formula is C12H15NO4S. The lowest BCUT2D eigenvalue weighted by molar-refractivity contribution is 0.174. The number of ether oxygens (including phenoxy) is 2. The number of sulfone groups is 1. The van der Waals surface area contributed by atoms with Gasteiger partial charge in [0.1, 0.15) is 0 Å². The highest BCUT2D eigenvalue weighted by atomic mass is 32.2. The van der Waals surface area contributed by atoms with Crippen LogP contribution in [0, 0.1) is 0 Å². The second-order valence-electron chi connectivity index (χ2n) is 4.59. The highest BCUT2D eigenvalue weighted by Crippen LogP contribution is 2.34. The number of nitrogens with one attached hydrogen (secondary N) is 1. The summed E-state index contributed by atoms with van der Waals surface area (Å²) >= 11 is 0. The summed E-state index contributed by atoms with van der Waals surface area (Å²) in [5.74, 6) is 1.26. The van der Waals surface area contributed by atoms with Crippen molar-refractivity contribution in [3.05, 3.63) is 18.2 Å². The number of fused-ring (bicyclic) bond motifs is 1. The molecule has 1 atom stereocenters. The van der Waals surface area contributed by atoms with Crippen molar-refractivity contribution in [3.63, 3.8) is 0 Å². The van der Waals surface area contributed by atoms with Gasteiger partial charge in [-0.15, -0.1) is 0 Å². The molecular weight excluding hydrogens is 254 g/mol. The van der Waals surface area contributed by atoms with Crippen LogP contribution in [0.15, 0.2) is 23.1 Å². The van der Waals surface area contributed by atoms with Crippen molar-refractivity contribution in [1.29, 1.82) is 0 Å². The van der Waals surface area contributed by atoms with Gasteiger partial charge in [-0.2, -0.15) is 0 Å². The topological polar surface area (TPSA) is 64.6 Å². The van der Waals surface area contributed by atoms with E-state index in [0.29, 0.717) is 16.4 Å². The van der Waals surface area contributed by atoms with Crippen LogP contribution < -0.4 is 14.8 Å². The molecule has 5 nitrogen and oxygen atoms in total. The minimum Gasteiger partial charge on any atom is -0.454 e. The maximum Gasteiger partial charge on any atom is 0.231 e. The van der Waals surface area contributed by atoms with Gasteiger partial charge in [-0.05, 0) is 31.5 Å². The van der Waals surface area contributed by atoms with E-state index in [0.717, 1.165) is 19.4 Å². The van der Waals surface area contributed by atoms with Gasteiger partial charge < -0.3 is 14.8 Å².